The van der Waals surface area contributed by atoms with E-state index < -0.39 is 18.6 Å². The van der Waals surface area contributed by atoms with Crippen molar-refractivity contribution in [1.29, 1.82) is 0 Å². The molecule has 0 aliphatic carbocycles. The van der Waals surface area contributed by atoms with Crippen LogP contribution in [0.25, 0.3) is 0 Å². The molecule has 0 bridgehead atoms. The number of H-pyrrole nitrogens is 1. The third kappa shape index (κ3) is 2.88. The zero-order valence-electron chi connectivity index (χ0n) is 8.51. The minimum Gasteiger partial charge on any atom is -0.396 e. The van der Waals surface area contributed by atoms with Gasteiger partial charge >= 0.3 is 6.18 Å². The molecule has 1 amide bonds. The number of nitrogens with one attached hydrogen (secondary N) is 1. The summed E-state index contributed by atoms with van der Waals surface area (Å²) >= 11 is 0. The number of amides is 1. The first-order valence-electron chi connectivity index (χ1n) is 4.50. The summed E-state index contributed by atoms with van der Waals surface area (Å²) in [6.07, 6.45) is -3.25. The highest BCUT2D eigenvalue weighted by Crippen LogP contribution is 2.18. The number of carbonyl (C=O) groups excluding carboxylic acids is 1. The van der Waals surface area contributed by atoms with E-state index in [1.54, 1.807) is 0 Å². The highest BCUT2D eigenvalue weighted by Gasteiger charge is 2.33. The van der Waals surface area contributed by atoms with Crippen molar-refractivity contribution in [3.05, 3.63) is 11.9 Å². The number of anilines is 1. The van der Waals surface area contributed by atoms with Gasteiger partial charge in [-0.2, -0.15) is 18.3 Å². The van der Waals surface area contributed by atoms with E-state index >= 15 is 0 Å². The molecular formula is C8H11F3N4O. The smallest absolute Gasteiger partial charge is 0.396 e. The highest BCUT2D eigenvalue weighted by atomic mass is 19.4. The molecule has 90 valence electrons. The van der Waals surface area contributed by atoms with E-state index in [0.717, 1.165) is 0 Å². The molecule has 1 heterocycles. The quantitative estimate of drug-likeness (QED) is 0.822. The summed E-state index contributed by atoms with van der Waals surface area (Å²) < 4.78 is 36.4. The van der Waals surface area contributed by atoms with Crippen LogP contribution in [0, 0.1) is 0 Å². The standard InChI is InChI=1S/C8H11F3N4O/c1-2-15(4-8(9,10)11)7(16)6-5(12)3-13-14-6/h3H,2,4,12H2,1H3,(H,13,14). The van der Waals surface area contributed by atoms with Crippen LogP contribution in [0.15, 0.2) is 6.20 Å². The molecule has 0 saturated carbocycles. The first-order chi connectivity index (χ1) is 7.35. The fourth-order valence-corrected chi connectivity index (χ4v) is 1.17. The normalized spacial score (nSPS) is 11.5. The number of rotatable bonds is 3. The SMILES string of the molecule is CCN(CC(F)(F)F)C(=O)c1[nH]ncc1N. The molecule has 0 atom stereocenters. The maximum absolute atomic E-state index is 12.1. The summed E-state index contributed by atoms with van der Waals surface area (Å²) in [4.78, 5) is 12.3. The Hall–Kier alpha value is -1.73. The van der Waals surface area contributed by atoms with Gasteiger partial charge in [-0.3, -0.25) is 9.89 Å². The van der Waals surface area contributed by atoms with Crippen molar-refractivity contribution in [3.8, 4) is 0 Å². The van der Waals surface area contributed by atoms with Crippen molar-refractivity contribution < 1.29 is 18.0 Å². The molecular weight excluding hydrogens is 225 g/mol. The van der Waals surface area contributed by atoms with Gasteiger partial charge in [0.25, 0.3) is 5.91 Å². The van der Waals surface area contributed by atoms with Gasteiger partial charge in [0, 0.05) is 6.54 Å². The number of aromatic nitrogens is 2. The second kappa shape index (κ2) is 4.42. The Morgan fingerprint density at radius 3 is 2.62 bits per heavy atom. The number of nitrogens with zero attached hydrogens (tertiary/aromatic N) is 2. The Morgan fingerprint density at radius 2 is 2.25 bits per heavy atom. The number of hydrogen-bond donors (Lipinski definition) is 2. The number of alkyl halides is 3. The van der Waals surface area contributed by atoms with Crippen LogP contribution >= 0.6 is 0 Å². The third-order valence-corrected chi connectivity index (χ3v) is 1.92. The molecule has 0 radical (unpaired) electrons. The van der Waals surface area contributed by atoms with Crippen molar-refractivity contribution in [1.82, 2.24) is 15.1 Å². The van der Waals surface area contributed by atoms with E-state index in [4.69, 9.17) is 5.73 Å². The Balaban J connectivity index is 2.82. The van der Waals surface area contributed by atoms with E-state index in [1.807, 2.05) is 0 Å². The topological polar surface area (TPSA) is 75.0 Å². The van der Waals surface area contributed by atoms with Crippen LogP contribution in [0.2, 0.25) is 0 Å². The van der Waals surface area contributed by atoms with Crippen LogP contribution in [0.4, 0.5) is 18.9 Å². The van der Waals surface area contributed by atoms with Crippen LogP contribution in [0.1, 0.15) is 17.4 Å². The van der Waals surface area contributed by atoms with Gasteiger partial charge in [0.1, 0.15) is 12.2 Å². The van der Waals surface area contributed by atoms with E-state index in [-0.39, 0.29) is 17.9 Å². The van der Waals surface area contributed by atoms with Crippen LogP contribution in [-0.4, -0.2) is 40.3 Å². The Kier molecular flexibility index (Phi) is 3.41. The first-order valence-corrected chi connectivity index (χ1v) is 4.50. The van der Waals surface area contributed by atoms with Crippen molar-refractivity contribution in [2.45, 2.75) is 13.1 Å². The molecule has 0 spiro atoms. The average molecular weight is 236 g/mol. The maximum atomic E-state index is 12.1. The molecule has 3 N–H and O–H groups in total. The van der Waals surface area contributed by atoms with Gasteiger partial charge in [-0.1, -0.05) is 0 Å². The number of halogens is 3. The lowest BCUT2D eigenvalue weighted by Crippen LogP contribution is -2.39. The molecule has 5 nitrogen and oxygen atoms in total. The average Bonchev–Trinajstić information content (AvgIpc) is 2.58. The highest BCUT2D eigenvalue weighted by molar-refractivity contribution is 5.96. The van der Waals surface area contributed by atoms with Gasteiger partial charge in [0.2, 0.25) is 0 Å². The third-order valence-electron chi connectivity index (χ3n) is 1.92. The van der Waals surface area contributed by atoms with Gasteiger partial charge in [0.15, 0.2) is 0 Å². The zero-order valence-corrected chi connectivity index (χ0v) is 8.51. The Morgan fingerprint density at radius 1 is 1.62 bits per heavy atom. The van der Waals surface area contributed by atoms with Crippen LogP contribution < -0.4 is 5.73 Å². The monoisotopic (exact) mass is 236 g/mol. The van der Waals surface area contributed by atoms with Crippen molar-refractivity contribution in [2.75, 3.05) is 18.8 Å². The molecule has 1 rings (SSSR count). The first kappa shape index (κ1) is 12.3. The predicted molar refractivity (Wildman–Crippen MR) is 50.6 cm³/mol. The van der Waals surface area contributed by atoms with Crippen molar-refractivity contribution >= 4 is 11.6 Å². The van der Waals surface area contributed by atoms with Crippen LogP contribution in [-0.2, 0) is 0 Å². The van der Waals surface area contributed by atoms with Crippen LogP contribution in [0.5, 0.6) is 0 Å². The number of aromatic amines is 1. The minimum atomic E-state index is -4.43. The summed E-state index contributed by atoms with van der Waals surface area (Å²) in [7, 11) is 0. The lowest BCUT2D eigenvalue weighted by molar-refractivity contribution is -0.140. The van der Waals surface area contributed by atoms with Crippen molar-refractivity contribution in [3.63, 3.8) is 0 Å². The van der Waals surface area contributed by atoms with Crippen LogP contribution in [0.3, 0.4) is 0 Å². The van der Waals surface area contributed by atoms with E-state index in [0.29, 0.717) is 4.90 Å². The molecule has 8 heteroatoms. The van der Waals surface area contributed by atoms with E-state index in [9.17, 15) is 18.0 Å². The lowest BCUT2D eigenvalue weighted by Gasteiger charge is -2.21. The minimum absolute atomic E-state index is 0.0330. The maximum Gasteiger partial charge on any atom is 0.406 e. The molecule has 1 aromatic heterocycles. The van der Waals surface area contributed by atoms with E-state index in [1.165, 1.54) is 13.1 Å². The van der Waals surface area contributed by atoms with Gasteiger partial charge in [0.05, 0.1) is 11.9 Å². The summed E-state index contributed by atoms with van der Waals surface area (Å²) in [5.74, 6) is -0.810. The molecule has 0 fully saturated rings. The fourth-order valence-electron chi connectivity index (χ4n) is 1.17. The number of hydrogen-bond acceptors (Lipinski definition) is 3. The molecule has 0 aromatic carbocycles. The van der Waals surface area contributed by atoms with Gasteiger partial charge < -0.3 is 10.6 Å². The number of nitrogens with two attached hydrogens (primary N) is 1. The van der Waals surface area contributed by atoms with Gasteiger partial charge in [-0.25, -0.2) is 0 Å². The van der Waals surface area contributed by atoms with Gasteiger partial charge in [-0.05, 0) is 6.92 Å². The largest absolute Gasteiger partial charge is 0.406 e. The number of carbonyl (C=O) groups is 1. The molecule has 0 aliphatic heterocycles. The summed E-state index contributed by atoms with van der Waals surface area (Å²) in [6.45, 7) is 0.0911. The lowest BCUT2D eigenvalue weighted by atomic mass is 10.3. The van der Waals surface area contributed by atoms with Gasteiger partial charge in [-0.15, -0.1) is 0 Å². The summed E-state index contributed by atoms with van der Waals surface area (Å²) in [5.41, 5.74) is 5.29. The number of nitrogen functional groups attached to an aromatic ring is 1. The Labute approximate surface area is 89.4 Å². The Bertz CT molecular complexity index is 374. The van der Waals surface area contributed by atoms with Crippen molar-refractivity contribution in [2.24, 2.45) is 0 Å². The van der Waals surface area contributed by atoms with E-state index in [2.05, 4.69) is 10.2 Å². The summed E-state index contributed by atoms with van der Waals surface area (Å²) in [6, 6.07) is 0. The second-order valence-electron chi connectivity index (χ2n) is 3.13. The molecule has 0 aliphatic rings. The molecule has 16 heavy (non-hydrogen) atoms. The molecule has 0 saturated heterocycles. The molecule has 0 unspecified atom stereocenters. The fraction of sp³-hybridized carbons (Fsp3) is 0.500. The predicted octanol–water partition coefficient (Wildman–Crippen LogP) is 1.02. The summed E-state index contributed by atoms with van der Waals surface area (Å²) in [5, 5.41) is 5.75. The zero-order chi connectivity index (χ0) is 12.3. The molecule has 1 aromatic rings. The second-order valence-corrected chi connectivity index (χ2v) is 3.13.